The van der Waals surface area contributed by atoms with Gasteiger partial charge in [0.25, 0.3) is 0 Å². The first-order valence-electron chi connectivity index (χ1n) is 6.52. The number of nitrogens with one attached hydrogen (secondary N) is 1. The van der Waals surface area contributed by atoms with Gasteiger partial charge in [-0.2, -0.15) is 0 Å². The number of hydrogen-bond acceptors (Lipinski definition) is 2. The lowest BCUT2D eigenvalue weighted by molar-refractivity contribution is 0.0585. The Kier molecular flexibility index (Phi) is 2.66. The van der Waals surface area contributed by atoms with Crippen molar-refractivity contribution >= 4 is 0 Å². The van der Waals surface area contributed by atoms with E-state index in [2.05, 4.69) is 10.3 Å². The molecule has 1 N–H and O–H groups in total. The van der Waals surface area contributed by atoms with Crippen LogP contribution >= 0.6 is 0 Å². The maximum Gasteiger partial charge on any atom is 0.144 e. The number of aromatic nitrogens is 1. The monoisotopic (exact) mass is 234 g/mol. The van der Waals surface area contributed by atoms with E-state index in [1.165, 1.54) is 25.7 Å². The van der Waals surface area contributed by atoms with Crippen molar-refractivity contribution in [3.05, 3.63) is 29.3 Å². The van der Waals surface area contributed by atoms with Crippen molar-refractivity contribution in [2.45, 2.75) is 38.5 Å². The normalized spacial score (nSPS) is 23.6. The van der Waals surface area contributed by atoms with Crippen LogP contribution in [0.2, 0.25) is 0 Å². The van der Waals surface area contributed by atoms with Crippen LogP contribution in [0.3, 0.4) is 0 Å². The maximum absolute atomic E-state index is 13.2. The van der Waals surface area contributed by atoms with Gasteiger partial charge in [0.1, 0.15) is 5.82 Å². The highest BCUT2D eigenvalue weighted by Gasteiger charge is 2.45. The number of aryl methyl sites for hydroxylation is 1. The predicted octanol–water partition coefficient (Wildman–Crippen LogP) is 2.78. The molecule has 1 aliphatic heterocycles. The van der Waals surface area contributed by atoms with Crippen LogP contribution in [-0.4, -0.2) is 18.1 Å². The summed E-state index contributed by atoms with van der Waals surface area (Å²) in [5, 5.41) is 3.41. The van der Waals surface area contributed by atoms with Crippen molar-refractivity contribution < 1.29 is 4.39 Å². The average Bonchev–Trinajstić information content (AvgIpc) is 2.31. The molecule has 0 aromatic carbocycles. The van der Waals surface area contributed by atoms with E-state index in [1.54, 1.807) is 13.0 Å². The highest BCUT2D eigenvalue weighted by molar-refractivity contribution is 5.20. The van der Waals surface area contributed by atoms with E-state index in [0.717, 1.165) is 18.8 Å². The predicted molar refractivity (Wildman–Crippen MR) is 65.4 cm³/mol. The van der Waals surface area contributed by atoms with Crippen LogP contribution in [0.25, 0.3) is 0 Å². The fraction of sp³-hybridized carbons (Fsp3) is 0.643. The zero-order valence-electron chi connectivity index (χ0n) is 10.3. The second-order valence-electron chi connectivity index (χ2n) is 5.66. The zero-order chi connectivity index (χ0) is 11.9. The standard InChI is InChI=1S/C14H19FN2/c1-10-12(15)2-3-13(17-10)11-8-14(9-11)4-6-16-7-5-14/h2-3,11,16H,4-9H2,1H3. The van der Waals surface area contributed by atoms with Gasteiger partial charge in [0.05, 0.1) is 5.69 Å². The van der Waals surface area contributed by atoms with E-state index in [9.17, 15) is 4.39 Å². The molecule has 92 valence electrons. The van der Waals surface area contributed by atoms with Gasteiger partial charge in [0.15, 0.2) is 0 Å². The second kappa shape index (κ2) is 4.05. The summed E-state index contributed by atoms with van der Waals surface area (Å²) >= 11 is 0. The number of hydrogen-bond donors (Lipinski definition) is 1. The van der Waals surface area contributed by atoms with Gasteiger partial charge in [0, 0.05) is 11.6 Å². The van der Waals surface area contributed by atoms with Crippen LogP contribution in [0.5, 0.6) is 0 Å². The highest BCUT2D eigenvalue weighted by Crippen LogP contribution is 2.55. The third-order valence-electron chi connectivity index (χ3n) is 4.48. The van der Waals surface area contributed by atoms with Gasteiger partial charge in [-0.25, -0.2) is 4.39 Å². The Bertz CT molecular complexity index is 416. The molecule has 1 spiro atoms. The smallest absolute Gasteiger partial charge is 0.144 e. The lowest BCUT2D eigenvalue weighted by Crippen LogP contribution is -2.44. The summed E-state index contributed by atoms with van der Waals surface area (Å²) in [7, 11) is 0. The van der Waals surface area contributed by atoms with Crippen LogP contribution in [0.1, 0.15) is 43.0 Å². The van der Waals surface area contributed by atoms with E-state index in [0.29, 0.717) is 17.0 Å². The topological polar surface area (TPSA) is 24.9 Å². The van der Waals surface area contributed by atoms with Gasteiger partial charge >= 0.3 is 0 Å². The number of rotatable bonds is 1. The SMILES string of the molecule is Cc1nc(C2CC3(CCNCC3)C2)ccc1F. The lowest BCUT2D eigenvalue weighted by atomic mass is 9.57. The summed E-state index contributed by atoms with van der Waals surface area (Å²) < 4.78 is 13.2. The summed E-state index contributed by atoms with van der Waals surface area (Å²) in [5.74, 6) is 0.372. The third-order valence-corrected chi connectivity index (χ3v) is 4.48. The summed E-state index contributed by atoms with van der Waals surface area (Å²) in [6.07, 6.45) is 5.08. The third kappa shape index (κ3) is 1.97. The molecule has 1 aromatic heterocycles. The molecule has 1 saturated carbocycles. The van der Waals surface area contributed by atoms with E-state index in [1.807, 2.05) is 6.07 Å². The van der Waals surface area contributed by atoms with Gasteiger partial charge in [-0.05, 0) is 63.2 Å². The fourth-order valence-electron chi connectivity index (χ4n) is 3.35. The molecule has 1 aromatic rings. The maximum atomic E-state index is 13.2. The van der Waals surface area contributed by atoms with Gasteiger partial charge in [-0.1, -0.05) is 0 Å². The Hall–Kier alpha value is -0.960. The Morgan fingerprint density at radius 2 is 2.00 bits per heavy atom. The molecule has 2 aliphatic rings. The molecule has 17 heavy (non-hydrogen) atoms. The number of pyridine rings is 1. The minimum Gasteiger partial charge on any atom is -0.317 e. The highest BCUT2D eigenvalue weighted by atomic mass is 19.1. The molecule has 0 radical (unpaired) electrons. The molecule has 1 saturated heterocycles. The van der Waals surface area contributed by atoms with E-state index in [4.69, 9.17) is 0 Å². The largest absolute Gasteiger partial charge is 0.317 e. The number of halogens is 1. The molecule has 0 amide bonds. The molecule has 2 nitrogen and oxygen atoms in total. The first-order chi connectivity index (χ1) is 8.19. The van der Waals surface area contributed by atoms with Crippen LogP contribution in [0.15, 0.2) is 12.1 Å². The van der Waals surface area contributed by atoms with Crippen molar-refractivity contribution in [3.8, 4) is 0 Å². The summed E-state index contributed by atoms with van der Waals surface area (Å²) in [6.45, 7) is 4.06. The minimum atomic E-state index is -0.190. The summed E-state index contributed by atoms with van der Waals surface area (Å²) in [4.78, 5) is 4.38. The Labute approximate surface area is 102 Å². The molecule has 3 heteroatoms. The average molecular weight is 234 g/mol. The fourth-order valence-corrected chi connectivity index (χ4v) is 3.35. The molecule has 0 atom stereocenters. The molecule has 2 fully saturated rings. The van der Waals surface area contributed by atoms with Gasteiger partial charge < -0.3 is 5.32 Å². The van der Waals surface area contributed by atoms with Crippen LogP contribution < -0.4 is 5.32 Å². The van der Waals surface area contributed by atoms with Gasteiger partial charge in [0.2, 0.25) is 0 Å². The Balaban J connectivity index is 1.70. The first-order valence-corrected chi connectivity index (χ1v) is 6.52. The van der Waals surface area contributed by atoms with Crippen molar-refractivity contribution in [3.63, 3.8) is 0 Å². The van der Waals surface area contributed by atoms with E-state index >= 15 is 0 Å². The molecule has 0 unspecified atom stereocenters. The molecular formula is C14H19FN2. The van der Waals surface area contributed by atoms with Crippen molar-refractivity contribution in [2.24, 2.45) is 5.41 Å². The van der Waals surface area contributed by atoms with Crippen LogP contribution in [0, 0.1) is 18.2 Å². The first kappa shape index (κ1) is 11.1. The quantitative estimate of drug-likeness (QED) is 0.808. The van der Waals surface area contributed by atoms with Gasteiger partial charge in [-0.3, -0.25) is 4.98 Å². The number of nitrogens with zero attached hydrogens (tertiary/aromatic N) is 1. The Morgan fingerprint density at radius 3 is 2.65 bits per heavy atom. The summed E-state index contributed by atoms with van der Waals surface area (Å²) in [6, 6.07) is 3.42. The molecule has 0 bridgehead atoms. The molecule has 3 rings (SSSR count). The minimum absolute atomic E-state index is 0.190. The second-order valence-corrected chi connectivity index (χ2v) is 5.66. The molecule has 2 heterocycles. The van der Waals surface area contributed by atoms with Crippen LogP contribution in [0.4, 0.5) is 4.39 Å². The molecular weight excluding hydrogens is 215 g/mol. The van der Waals surface area contributed by atoms with E-state index < -0.39 is 0 Å². The zero-order valence-corrected chi connectivity index (χ0v) is 10.3. The summed E-state index contributed by atoms with van der Waals surface area (Å²) in [5.41, 5.74) is 2.20. The van der Waals surface area contributed by atoms with Crippen LogP contribution in [-0.2, 0) is 0 Å². The molecule has 1 aliphatic carbocycles. The van der Waals surface area contributed by atoms with E-state index in [-0.39, 0.29) is 5.82 Å². The lowest BCUT2D eigenvalue weighted by Gasteiger charge is -2.50. The number of piperidine rings is 1. The van der Waals surface area contributed by atoms with Crippen molar-refractivity contribution in [1.82, 2.24) is 10.3 Å². The van der Waals surface area contributed by atoms with Gasteiger partial charge in [-0.15, -0.1) is 0 Å². The Morgan fingerprint density at radius 1 is 1.29 bits per heavy atom. The van der Waals surface area contributed by atoms with Crippen molar-refractivity contribution in [2.75, 3.05) is 13.1 Å². The van der Waals surface area contributed by atoms with Crippen molar-refractivity contribution in [1.29, 1.82) is 0 Å².